The summed E-state index contributed by atoms with van der Waals surface area (Å²) in [7, 11) is 0. The van der Waals surface area contributed by atoms with Crippen molar-refractivity contribution in [3.63, 3.8) is 0 Å². The summed E-state index contributed by atoms with van der Waals surface area (Å²) in [6.45, 7) is 11.7. The lowest BCUT2D eigenvalue weighted by Crippen LogP contribution is -2.42. The van der Waals surface area contributed by atoms with Crippen molar-refractivity contribution in [3.05, 3.63) is 82.4 Å². The maximum atomic E-state index is 13.2. The van der Waals surface area contributed by atoms with E-state index in [-0.39, 0.29) is 17.9 Å². The smallest absolute Gasteiger partial charge is 0.228 e. The molecular formula is C29H30Cl2N2O2. The molecule has 1 atom stereocenters. The first-order chi connectivity index (χ1) is 16.6. The summed E-state index contributed by atoms with van der Waals surface area (Å²) in [5.74, 6) is 0.0549. The lowest BCUT2D eigenvalue weighted by molar-refractivity contribution is -0.125. The molecule has 4 nitrogen and oxygen atoms in total. The summed E-state index contributed by atoms with van der Waals surface area (Å²) in [4.78, 5) is 18.2. The van der Waals surface area contributed by atoms with Crippen LogP contribution in [0.15, 0.2) is 61.2 Å². The number of fused-ring (bicyclic) bond motifs is 1. The van der Waals surface area contributed by atoms with E-state index in [1.807, 2.05) is 82.3 Å². The Hall–Kier alpha value is -2.82. The summed E-state index contributed by atoms with van der Waals surface area (Å²) in [5.41, 5.74) is 4.58. The van der Waals surface area contributed by atoms with Crippen LogP contribution in [-0.4, -0.2) is 22.5 Å². The average Bonchev–Trinajstić information content (AvgIpc) is 2.78. The van der Waals surface area contributed by atoms with Crippen molar-refractivity contribution in [2.75, 3.05) is 0 Å². The van der Waals surface area contributed by atoms with Crippen LogP contribution in [0.5, 0.6) is 5.88 Å². The first-order valence-electron chi connectivity index (χ1n) is 11.8. The first-order valence-corrected chi connectivity index (χ1v) is 12.5. The van der Waals surface area contributed by atoms with Crippen LogP contribution in [0.3, 0.4) is 0 Å². The maximum absolute atomic E-state index is 13.2. The van der Waals surface area contributed by atoms with Gasteiger partial charge in [0.05, 0.1) is 16.6 Å². The minimum atomic E-state index is -0.546. The SMILES string of the molecule is C=CCc1ccc(-c2nc3c(cc2-c2ccc(Cl)cc2)C(C(=O)NC(C)C)CC(C)(C)O3)c(Cl)c1. The zero-order valence-corrected chi connectivity index (χ0v) is 22.0. The minimum Gasteiger partial charge on any atom is -0.471 e. The fourth-order valence-corrected chi connectivity index (χ4v) is 4.88. The summed E-state index contributed by atoms with van der Waals surface area (Å²) >= 11 is 12.9. The van der Waals surface area contributed by atoms with Gasteiger partial charge in [-0.05, 0) is 69.5 Å². The Kier molecular flexibility index (Phi) is 7.25. The molecule has 2 heterocycles. The number of carbonyl (C=O) groups excluding carboxylic acids is 1. The molecule has 1 aliphatic heterocycles. The Bertz CT molecular complexity index is 1270. The van der Waals surface area contributed by atoms with Gasteiger partial charge in [-0.3, -0.25) is 4.79 Å². The highest BCUT2D eigenvalue weighted by molar-refractivity contribution is 6.33. The molecule has 4 rings (SSSR count). The fourth-order valence-electron chi connectivity index (χ4n) is 4.47. The number of hydrogen-bond donors (Lipinski definition) is 1. The van der Waals surface area contributed by atoms with Crippen molar-refractivity contribution < 1.29 is 9.53 Å². The van der Waals surface area contributed by atoms with Crippen LogP contribution < -0.4 is 10.1 Å². The van der Waals surface area contributed by atoms with Crippen LogP contribution in [0.1, 0.15) is 51.2 Å². The molecule has 6 heteroatoms. The fraction of sp³-hybridized carbons (Fsp3) is 0.310. The van der Waals surface area contributed by atoms with E-state index in [1.54, 1.807) is 0 Å². The van der Waals surface area contributed by atoms with Gasteiger partial charge in [-0.15, -0.1) is 6.58 Å². The number of ether oxygens (including phenoxy) is 1. The summed E-state index contributed by atoms with van der Waals surface area (Å²) in [6.07, 6.45) is 3.13. The molecular weight excluding hydrogens is 479 g/mol. The number of allylic oxidation sites excluding steroid dienone is 1. The molecule has 0 radical (unpaired) electrons. The first kappa shape index (κ1) is 25.3. The molecule has 182 valence electrons. The zero-order chi connectivity index (χ0) is 25.3. The molecule has 0 bridgehead atoms. The highest BCUT2D eigenvalue weighted by Gasteiger charge is 2.39. The Morgan fingerprint density at radius 3 is 2.51 bits per heavy atom. The predicted molar refractivity (Wildman–Crippen MR) is 144 cm³/mol. The summed E-state index contributed by atoms with van der Waals surface area (Å²) in [5, 5.41) is 4.30. The van der Waals surface area contributed by atoms with E-state index in [4.69, 9.17) is 32.9 Å². The number of carbonyl (C=O) groups is 1. The van der Waals surface area contributed by atoms with Crippen LogP contribution in [-0.2, 0) is 11.2 Å². The second-order valence-corrected chi connectivity index (χ2v) is 10.7. The van der Waals surface area contributed by atoms with E-state index in [1.165, 1.54) is 0 Å². The lowest BCUT2D eigenvalue weighted by atomic mass is 9.83. The molecule has 1 aliphatic rings. The predicted octanol–water partition coefficient (Wildman–Crippen LogP) is 7.62. The number of amides is 1. The molecule has 35 heavy (non-hydrogen) atoms. The highest BCUT2D eigenvalue weighted by atomic mass is 35.5. The van der Waals surface area contributed by atoms with Crippen molar-refractivity contribution in [2.24, 2.45) is 0 Å². The van der Waals surface area contributed by atoms with E-state index < -0.39 is 5.60 Å². The summed E-state index contributed by atoms with van der Waals surface area (Å²) < 4.78 is 6.31. The number of nitrogens with one attached hydrogen (secondary N) is 1. The third kappa shape index (κ3) is 5.55. The normalized spacial score (nSPS) is 16.4. The van der Waals surface area contributed by atoms with E-state index in [0.717, 1.165) is 34.2 Å². The van der Waals surface area contributed by atoms with Gasteiger partial charge >= 0.3 is 0 Å². The second-order valence-electron chi connectivity index (χ2n) is 9.87. The molecule has 1 N–H and O–H groups in total. The third-order valence-electron chi connectivity index (χ3n) is 6.03. The van der Waals surface area contributed by atoms with E-state index in [9.17, 15) is 4.79 Å². The Balaban J connectivity index is 1.94. The van der Waals surface area contributed by atoms with Gasteiger partial charge in [0.2, 0.25) is 11.8 Å². The Morgan fingerprint density at radius 2 is 1.89 bits per heavy atom. The molecule has 1 unspecified atom stereocenters. The number of aromatic nitrogens is 1. The molecule has 2 aromatic carbocycles. The van der Waals surface area contributed by atoms with Crippen LogP contribution >= 0.6 is 23.2 Å². The highest BCUT2D eigenvalue weighted by Crippen LogP contribution is 2.45. The quantitative estimate of drug-likeness (QED) is 0.348. The van der Waals surface area contributed by atoms with Gasteiger partial charge in [-0.25, -0.2) is 4.98 Å². The average molecular weight is 509 g/mol. The minimum absolute atomic E-state index is 0.0268. The molecule has 0 saturated carbocycles. The number of rotatable bonds is 6. The third-order valence-corrected chi connectivity index (χ3v) is 6.60. The van der Waals surface area contributed by atoms with E-state index in [2.05, 4.69) is 11.9 Å². The van der Waals surface area contributed by atoms with Gasteiger partial charge < -0.3 is 10.1 Å². The molecule has 0 fully saturated rings. The molecule has 0 saturated heterocycles. The van der Waals surface area contributed by atoms with Crippen molar-refractivity contribution >= 4 is 29.1 Å². The van der Waals surface area contributed by atoms with Crippen LogP contribution in [0.25, 0.3) is 22.4 Å². The molecule has 0 spiro atoms. The van der Waals surface area contributed by atoms with Crippen molar-refractivity contribution in [2.45, 2.75) is 58.1 Å². The lowest BCUT2D eigenvalue weighted by Gasteiger charge is -2.37. The van der Waals surface area contributed by atoms with Gasteiger partial charge in [-0.1, -0.05) is 53.5 Å². The number of halogens is 2. The molecule has 1 amide bonds. The number of hydrogen-bond acceptors (Lipinski definition) is 3. The molecule has 0 aliphatic carbocycles. The number of pyridine rings is 1. The van der Waals surface area contributed by atoms with Gasteiger partial charge in [0.25, 0.3) is 0 Å². The van der Waals surface area contributed by atoms with Crippen molar-refractivity contribution in [1.29, 1.82) is 0 Å². The van der Waals surface area contributed by atoms with Gasteiger partial charge in [0, 0.05) is 34.2 Å². The van der Waals surface area contributed by atoms with E-state index >= 15 is 0 Å². The second kappa shape index (κ2) is 10.0. The van der Waals surface area contributed by atoms with E-state index in [0.29, 0.717) is 28.0 Å². The van der Waals surface area contributed by atoms with Crippen molar-refractivity contribution in [3.8, 4) is 28.3 Å². The maximum Gasteiger partial charge on any atom is 0.228 e. The van der Waals surface area contributed by atoms with Crippen LogP contribution in [0.2, 0.25) is 10.0 Å². The van der Waals surface area contributed by atoms with Gasteiger partial charge in [0.15, 0.2) is 0 Å². The number of nitrogens with zero attached hydrogens (tertiary/aromatic N) is 1. The van der Waals surface area contributed by atoms with Crippen molar-refractivity contribution in [1.82, 2.24) is 10.3 Å². The summed E-state index contributed by atoms with van der Waals surface area (Å²) in [6, 6.07) is 15.6. The van der Waals surface area contributed by atoms with Crippen LogP contribution in [0, 0.1) is 0 Å². The standard InChI is InChI=1S/C29H30Cl2N2O2/c1-6-7-18-8-13-21(25(31)14-18)26-22(19-9-11-20(30)12-10-19)15-23-24(27(34)32-17(2)3)16-29(4,5)35-28(23)33-26/h6,8-15,17,24H,1,7,16H2,2-5H3,(H,32,34). The van der Waals surface area contributed by atoms with Gasteiger partial charge in [-0.2, -0.15) is 0 Å². The topological polar surface area (TPSA) is 51.2 Å². The Labute approximate surface area is 217 Å². The monoisotopic (exact) mass is 508 g/mol. The largest absolute Gasteiger partial charge is 0.471 e. The number of benzene rings is 2. The zero-order valence-electron chi connectivity index (χ0n) is 20.5. The molecule has 3 aromatic rings. The van der Waals surface area contributed by atoms with Gasteiger partial charge in [0.1, 0.15) is 5.60 Å². The van der Waals surface area contributed by atoms with Crippen LogP contribution in [0.4, 0.5) is 0 Å². The Morgan fingerprint density at radius 1 is 1.17 bits per heavy atom. The molecule has 1 aromatic heterocycles.